The number of fused-ring (bicyclic) bond motifs is 1. The SMILES string of the molecule is Clc1cccc2c1C[N+]=CN2. The molecule has 11 heavy (non-hydrogen) atoms. The predicted octanol–water partition coefficient (Wildman–Crippen LogP) is 1.63. The van der Waals surface area contributed by atoms with Gasteiger partial charge in [-0.15, -0.1) is 0 Å². The molecule has 1 aliphatic heterocycles. The second-order valence-electron chi connectivity index (χ2n) is 2.38. The Balaban J connectivity index is 2.54. The third kappa shape index (κ3) is 1.10. The zero-order valence-corrected chi connectivity index (χ0v) is 6.60. The minimum atomic E-state index is 0.683. The smallest absolute Gasteiger partial charge is 0.244 e. The lowest BCUT2D eigenvalue weighted by atomic mass is 10.1. The van der Waals surface area contributed by atoms with E-state index < -0.39 is 0 Å². The lowest BCUT2D eigenvalue weighted by Crippen LogP contribution is -2.12. The quantitative estimate of drug-likeness (QED) is 0.623. The lowest BCUT2D eigenvalue weighted by molar-refractivity contribution is 0.959. The topological polar surface area (TPSA) is 26.1 Å². The molecule has 0 atom stereocenters. The Morgan fingerprint density at radius 2 is 2.36 bits per heavy atom. The van der Waals surface area contributed by atoms with Crippen LogP contribution in [0.25, 0.3) is 0 Å². The van der Waals surface area contributed by atoms with Gasteiger partial charge in [0, 0.05) is 0 Å². The van der Waals surface area contributed by atoms with Gasteiger partial charge in [-0.3, -0.25) is 0 Å². The Morgan fingerprint density at radius 3 is 3.18 bits per heavy atom. The molecular formula is C8H7ClN2+. The number of rotatable bonds is 0. The maximum absolute atomic E-state index is 5.93. The van der Waals surface area contributed by atoms with Gasteiger partial charge in [0.1, 0.15) is 5.69 Å². The Kier molecular flexibility index (Phi) is 1.55. The van der Waals surface area contributed by atoms with Crippen LogP contribution in [0.5, 0.6) is 0 Å². The highest BCUT2D eigenvalue weighted by atomic mass is 35.5. The Morgan fingerprint density at radius 1 is 1.45 bits per heavy atom. The van der Waals surface area contributed by atoms with Crippen LogP contribution in [0.1, 0.15) is 5.56 Å². The Hall–Kier alpha value is -1.02. The molecule has 1 aliphatic rings. The van der Waals surface area contributed by atoms with E-state index in [0.717, 1.165) is 16.3 Å². The minimum absolute atomic E-state index is 0.683. The number of benzene rings is 1. The van der Waals surface area contributed by atoms with Crippen LogP contribution in [-0.2, 0) is 6.54 Å². The molecule has 0 saturated heterocycles. The zero-order valence-electron chi connectivity index (χ0n) is 5.84. The van der Waals surface area contributed by atoms with Crippen molar-refractivity contribution in [2.45, 2.75) is 6.54 Å². The summed E-state index contributed by atoms with van der Waals surface area (Å²) in [4.78, 5) is 4.06. The average Bonchev–Trinajstić information content (AvgIpc) is 2.06. The first-order chi connectivity index (χ1) is 5.38. The van der Waals surface area contributed by atoms with Crippen LogP contribution in [0.2, 0.25) is 5.02 Å². The molecule has 0 unspecified atom stereocenters. The summed E-state index contributed by atoms with van der Waals surface area (Å²) in [6, 6.07) is 5.79. The van der Waals surface area contributed by atoms with Crippen LogP contribution < -0.4 is 10.3 Å². The van der Waals surface area contributed by atoms with E-state index >= 15 is 0 Å². The highest BCUT2D eigenvalue weighted by Gasteiger charge is 2.14. The van der Waals surface area contributed by atoms with Crippen LogP contribution in [-0.4, -0.2) is 6.34 Å². The summed E-state index contributed by atoms with van der Waals surface area (Å²) < 4.78 is 0. The van der Waals surface area contributed by atoms with Gasteiger partial charge < -0.3 is 0 Å². The molecule has 0 bridgehead atoms. The standard InChI is InChI=1S/C8H7ClN2/c9-7-2-1-3-8-6(7)4-10-5-11-8/h1-3,5,11H,4H2/q+1. The summed E-state index contributed by atoms with van der Waals surface area (Å²) >= 11 is 5.93. The predicted molar refractivity (Wildman–Crippen MR) is 47.0 cm³/mol. The van der Waals surface area contributed by atoms with Gasteiger partial charge in [-0.05, 0) is 12.1 Å². The molecule has 0 aromatic heterocycles. The Labute approximate surface area is 69.9 Å². The van der Waals surface area contributed by atoms with Crippen molar-refractivity contribution in [2.24, 2.45) is 0 Å². The molecule has 1 aromatic carbocycles. The monoisotopic (exact) mass is 166 g/mol. The zero-order chi connectivity index (χ0) is 7.68. The molecule has 0 fully saturated rings. The summed E-state index contributed by atoms with van der Waals surface area (Å²) in [6.07, 6.45) is 1.69. The number of aliphatic imine (C=N–C) groups is 1. The fraction of sp³-hybridized carbons (Fsp3) is 0.125. The van der Waals surface area contributed by atoms with Crippen molar-refractivity contribution in [3.05, 3.63) is 28.8 Å². The number of halogens is 1. The third-order valence-corrected chi connectivity index (χ3v) is 2.03. The van der Waals surface area contributed by atoms with Gasteiger partial charge >= 0.3 is 0 Å². The molecule has 2 nitrogen and oxygen atoms in total. The number of nitrogens with one attached hydrogen (secondary N) is 1. The summed E-state index contributed by atoms with van der Waals surface area (Å²) in [5.74, 6) is 0. The molecule has 1 heterocycles. The minimum Gasteiger partial charge on any atom is -0.244 e. The van der Waals surface area contributed by atoms with E-state index in [0.29, 0.717) is 6.54 Å². The van der Waals surface area contributed by atoms with Crippen LogP contribution in [0.15, 0.2) is 18.2 Å². The van der Waals surface area contributed by atoms with Crippen LogP contribution >= 0.6 is 11.6 Å². The fourth-order valence-corrected chi connectivity index (χ4v) is 1.34. The van der Waals surface area contributed by atoms with E-state index in [-0.39, 0.29) is 0 Å². The number of anilines is 1. The Bertz CT molecular complexity index is 307. The van der Waals surface area contributed by atoms with Crippen LogP contribution in [0, 0.1) is 0 Å². The lowest BCUT2D eigenvalue weighted by Gasteiger charge is -2.04. The second-order valence-corrected chi connectivity index (χ2v) is 2.79. The number of nitrogens with zero attached hydrogens (tertiary/aromatic N) is 1. The first-order valence-corrected chi connectivity index (χ1v) is 3.78. The van der Waals surface area contributed by atoms with E-state index in [4.69, 9.17) is 11.6 Å². The molecule has 0 saturated carbocycles. The summed E-state index contributed by atoms with van der Waals surface area (Å²) in [5.41, 5.74) is 2.14. The number of hydrogen-bond donors (Lipinski definition) is 1. The third-order valence-electron chi connectivity index (χ3n) is 1.68. The van der Waals surface area contributed by atoms with Crippen molar-refractivity contribution < 1.29 is 0 Å². The molecule has 0 spiro atoms. The van der Waals surface area contributed by atoms with Crippen molar-refractivity contribution in [2.75, 3.05) is 5.32 Å². The van der Waals surface area contributed by atoms with Crippen molar-refractivity contribution in [1.82, 2.24) is 4.99 Å². The van der Waals surface area contributed by atoms with E-state index in [2.05, 4.69) is 10.3 Å². The van der Waals surface area contributed by atoms with Crippen LogP contribution in [0.4, 0.5) is 5.69 Å². The van der Waals surface area contributed by atoms with Gasteiger partial charge in [-0.2, -0.15) is 0 Å². The average molecular weight is 167 g/mol. The van der Waals surface area contributed by atoms with Gasteiger partial charge in [-0.1, -0.05) is 22.7 Å². The van der Waals surface area contributed by atoms with Gasteiger partial charge in [0.2, 0.25) is 0 Å². The summed E-state index contributed by atoms with van der Waals surface area (Å²) in [6.45, 7) is 0.683. The van der Waals surface area contributed by atoms with Crippen molar-refractivity contribution in [3.8, 4) is 0 Å². The largest absolute Gasteiger partial charge is 0.278 e. The molecule has 2 rings (SSSR count). The van der Waals surface area contributed by atoms with Crippen molar-refractivity contribution in [3.63, 3.8) is 0 Å². The van der Waals surface area contributed by atoms with Crippen molar-refractivity contribution >= 4 is 23.6 Å². The molecule has 1 aromatic rings. The summed E-state index contributed by atoms with van der Waals surface area (Å²) in [5, 5.41) is 3.81. The maximum Gasteiger partial charge on any atom is 0.278 e. The second kappa shape index (κ2) is 2.55. The summed E-state index contributed by atoms with van der Waals surface area (Å²) in [7, 11) is 0. The first-order valence-electron chi connectivity index (χ1n) is 3.40. The van der Waals surface area contributed by atoms with E-state index in [1.165, 1.54) is 0 Å². The fourth-order valence-electron chi connectivity index (χ4n) is 1.11. The molecule has 1 radical (unpaired) electrons. The highest BCUT2D eigenvalue weighted by Crippen LogP contribution is 2.24. The molecule has 1 N–H and O–H groups in total. The maximum atomic E-state index is 5.93. The first kappa shape index (κ1) is 6.68. The molecule has 0 amide bonds. The molecule has 0 aliphatic carbocycles. The van der Waals surface area contributed by atoms with Gasteiger partial charge in [-0.25, -0.2) is 5.32 Å². The highest BCUT2D eigenvalue weighted by molar-refractivity contribution is 6.31. The molecule has 55 valence electrons. The van der Waals surface area contributed by atoms with E-state index in [9.17, 15) is 0 Å². The van der Waals surface area contributed by atoms with Crippen molar-refractivity contribution in [1.29, 1.82) is 0 Å². The normalized spacial score (nSPS) is 13.9. The van der Waals surface area contributed by atoms with E-state index in [1.54, 1.807) is 6.34 Å². The van der Waals surface area contributed by atoms with Gasteiger partial charge in [0.15, 0.2) is 6.54 Å². The molecule has 3 heteroatoms. The van der Waals surface area contributed by atoms with Crippen LogP contribution in [0.3, 0.4) is 0 Å². The van der Waals surface area contributed by atoms with E-state index in [1.807, 2.05) is 18.2 Å². The van der Waals surface area contributed by atoms with Gasteiger partial charge in [0.25, 0.3) is 6.34 Å². The van der Waals surface area contributed by atoms with Gasteiger partial charge in [0.05, 0.1) is 10.6 Å². The number of hydrogen-bond acceptors (Lipinski definition) is 2. The molecular weight excluding hydrogens is 160 g/mol.